The second-order valence-corrected chi connectivity index (χ2v) is 6.20. The highest BCUT2D eigenvalue weighted by molar-refractivity contribution is 7.09. The van der Waals surface area contributed by atoms with Crippen molar-refractivity contribution in [3.05, 3.63) is 28.3 Å². The van der Waals surface area contributed by atoms with E-state index in [2.05, 4.69) is 16.8 Å². The highest BCUT2D eigenvalue weighted by Crippen LogP contribution is 2.24. The fraction of sp³-hybridized carbons (Fsp3) is 0.467. The topological polar surface area (TPSA) is 49.6 Å². The average Bonchev–Trinajstić information content (AvgIpc) is 3.15. The minimum Gasteiger partial charge on any atom is -0.449 e. The van der Waals surface area contributed by atoms with E-state index in [1.807, 2.05) is 23.3 Å². The zero-order valence-corrected chi connectivity index (χ0v) is 13.2. The predicted octanol–water partition coefficient (Wildman–Crippen LogP) is 2.49. The Labute approximate surface area is 128 Å². The third kappa shape index (κ3) is 3.01. The van der Waals surface area contributed by atoms with Crippen molar-refractivity contribution < 1.29 is 9.21 Å². The zero-order valence-electron chi connectivity index (χ0n) is 12.3. The molecule has 1 aliphatic rings. The number of rotatable bonds is 3. The summed E-state index contributed by atoms with van der Waals surface area (Å²) in [6.45, 7) is 8.53. The summed E-state index contributed by atoms with van der Waals surface area (Å²) in [5.41, 5.74) is 0.798. The number of hydrogen-bond acceptors (Lipinski definition) is 5. The smallest absolute Gasteiger partial charge is 0.289 e. The minimum atomic E-state index is -0.0241. The lowest BCUT2D eigenvalue weighted by atomic mass is 10.3. The highest BCUT2D eigenvalue weighted by Gasteiger charge is 2.24. The van der Waals surface area contributed by atoms with Gasteiger partial charge < -0.3 is 14.2 Å². The van der Waals surface area contributed by atoms with Gasteiger partial charge in [0.05, 0.1) is 5.01 Å². The zero-order chi connectivity index (χ0) is 14.8. The summed E-state index contributed by atoms with van der Waals surface area (Å²) in [5, 5.41) is 2.94. The first-order chi connectivity index (χ1) is 10.2. The number of carbonyl (C=O) groups excluding carboxylic acids is 1. The number of aryl methyl sites for hydroxylation is 1. The fourth-order valence-corrected chi connectivity index (χ4v) is 3.09. The van der Waals surface area contributed by atoms with Crippen molar-refractivity contribution in [1.29, 1.82) is 0 Å². The van der Waals surface area contributed by atoms with Gasteiger partial charge in [-0.05, 0) is 25.6 Å². The van der Waals surface area contributed by atoms with Crippen LogP contribution < -0.4 is 0 Å². The molecule has 0 radical (unpaired) electrons. The van der Waals surface area contributed by atoms with E-state index in [4.69, 9.17) is 4.42 Å². The maximum absolute atomic E-state index is 12.4. The number of likely N-dealkylation sites (N-methyl/N-ethyl adjacent to an activating group) is 1. The molecule has 2 aromatic heterocycles. The number of amides is 1. The van der Waals surface area contributed by atoms with Crippen molar-refractivity contribution in [3.63, 3.8) is 0 Å². The van der Waals surface area contributed by atoms with Crippen molar-refractivity contribution in [2.45, 2.75) is 13.8 Å². The maximum atomic E-state index is 12.4. The van der Waals surface area contributed by atoms with E-state index in [1.54, 1.807) is 17.4 Å². The normalized spacial score (nSPS) is 16.4. The van der Waals surface area contributed by atoms with Gasteiger partial charge in [0.1, 0.15) is 5.69 Å². The molecule has 1 saturated heterocycles. The third-order valence-corrected chi connectivity index (χ3v) is 4.57. The average molecular weight is 305 g/mol. The van der Waals surface area contributed by atoms with Crippen molar-refractivity contribution >= 4 is 17.2 Å². The van der Waals surface area contributed by atoms with E-state index in [-0.39, 0.29) is 5.91 Å². The summed E-state index contributed by atoms with van der Waals surface area (Å²) in [4.78, 5) is 21.0. The lowest BCUT2D eigenvalue weighted by Crippen LogP contribution is -2.48. The molecular formula is C15H19N3O2S. The van der Waals surface area contributed by atoms with E-state index in [1.165, 1.54) is 0 Å². The molecule has 1 amide bonds. The minimum absolute atomic E-state index is 0.0241. The summed E-state index contributed by atoms with van der Waals surface area (Å²) in [6, 6.07) is 3.57. The van der Waals surface area contributed by atoms with Crippen LogP contribution in [0.3, 0.4) is 0 Å². The van der Waals surface area contributed by atoms with Crippen molar-refractivity contribution in [2.75, 3.05) is 32.7 Å². The highest BCUT2D eigenvalue weighted by atomic mass is 32.1. The number of piperazine rings is 1. The molecule has 3 rings (SSSR count). The van der Waals surface area contributed by atoms with Crippen LogP contribution in [0.5, 0.6) is 0 Å². The van der Waals surface area contributed by atoms with Gasteiger partial charge in [0, 0.05) is 31.6 Å². The Kier molecular flexibility index (Phi) is 4.07. The maximum Gasteiger partial charge on any atom is 0.289 e. The molecule has 3 heterocycles. The van der Waals surface area contributed by atoms with Crippen LogP contribution in [-0.2, 0) is 0 Å². The lowest BCUT2D eigenvalue weighted by molar-refractivity contribution is 0.0613. The van der Waals surface area contributed by atoms with Crippen LogP contribution in [0.4, 0.5) is 0 Å². The molecule has 0 unspecified atom stereocenters. The summed E-state index contributed by atoms with van der Waals surface area (Å²) in [7, 11) is 0. The van der Waals surface area contributed by atoms with E-state index in [0.717, 1.165) is 43.4 Å². The Bertz CT molecular complexity index is 626. The first-order valence-electron chi connectivity index (χ1n) is 7.21. The fourth-order valence-electron chi connectivity index (χ4n) is 2.49. The monoisotopic (exact) mass is 305 g/mol. The van der Waals surface area contributed by atoms with Gasteiger partial charge in [-0.1, -0.05) is 6.92 Å². The standard InChI is InChI=1S/C15H19N3O2S/c1-3-17-6-8-18(9-7-17)15(19)14-5-4-13(20-14)12-10-21-11(2)16-12/h4-5,10H,3,6-9H2,1-2H3. The molecule has 0 aromatic carbocycles. The number of nitrogens with zero attached hydrogens (tertiary/aromatic N) is 3. The quantitative estimate of drug-likeness (QED) is 0.874. The van der Waals surface area contributed by atoms with Crippen molar-refractivity contribution in [2.24, 2.45) is 0 Å². The number of carbonyl (C=O) groups is 1. The van der Waals surface area contributed by atoms with Crippen LogP contribution in [0.2, 0.25) is 0 Å². The Morgan fingerprint density at radius 1 is 1.33 bits per heavy atom. The van der Waals surface area contributed by atoms with Gasteiger partial charge in [-0.3, -0.25) is 4.79 Å². The van der Waals surface area contributed by atoms with E-state index in [9.17, 15) is 4.79 Å². The predicted molar refractivity (Wildman–Crippen MR) is 82.6 cm³/mol. The Morgan fingerprint density at radius 2 is 2.10 bits per heavy atom. The molecule has 6 heteroatoms. The largest absolute Gasteiger partial charge is 0.449 e. The van der Waals surface area contributed by atoms with Crippen LogP contribution >= 0.6 is 11.3 Å². The second-order valence-electron chi connectivity index (χ2n) is 5.14. The molecule has 112 valence electrons. The Hall–Kier alpha value is -1.66. The van der Waals surface area contributed by atoms with Crippen LogP contribution in [-0.4, -0.2) is 53.4 Å². The molecule has 0 N–H and O–H groups in total. The molecule has 0 atom stereocenters. The summed E-state index contributed by atoms with van der Waals surface area (Å²) in [6.07, 6.45) is 0. The molecule has 21 heavy (non-hydrogen) atoms. The second kappa shape index (κ2) is 5.99. The number of thiazole rings is 1. The van der Waals surface area contributed by atoms with Gasteiger partial charge in [0.2, 0.25) is 0 Å². The van der Waals surface area contributed by atoms with E-state index in [0.29, 0.717) is 11.5 Å². The Balaban J connectivity index is 1.70. The molecule has 0 spiro atoms. The molecule has 0 saturated carbocycles. The van der Waals surface area contributed by atoms with Gasteiger partial charge >= 0.3 is 0 Å². The first kappa shape index (κ1) is 14.3. The molecule has 1 aliphatic heterocycles. The SMILES string of the molecule is CCN1CCN(C(=O)c2ccc(-c3csc(C)n3)o2)CC1. The van der Waals surface area contributed by atoms with Crippen LogP contribution in [0, 0.1) is 6.92 Å². The van der Waals surface area contributed by atoms with Crippen LogP contribution in [0.15, 0.2) is 21.9 Å². The molecule has 0 bridgehead atoms. The van der Waals surface area contributed by atoms with Gasteiger partial charge in [-0.15, -0.1) is 11.3 Å². The van der Waals surface area contributed by atoms with Crippen LogP contribution in [0.25, 0.3) is 11.5 Å². The lowest BCUT2D eigenvalue weighted by Gasteiger charge is -2.33. The number of hydrogen-bond donors (Lipinski definition) is 0. The van der Waals surface area contributed by atoms with Gasteiger partial charge in [-0.25, -0.2) is 4.98 Å². The van der Waals surface area contributed by atoms with Gasteiger partial charge in [-0.2, -0.15) is 0 Å². The van der Waals surface area contributed by atoms with Gasteiger partial charge in [0.15, 0.2) is 11.5 Å². The van der Waals surface area contributed by atoms with Crippen LogP contribution in [0.1, 0.15) is 22.5 Å². The summed E-state index contributed by atoms with van der Waals surface area (Å²) >= 11 is 1.58. The van der Waals surface area contributed by atoms with Crippen molar-refractivity contribution in [3.8, 4) is 11.5 Å². The number of aromatic nitrogens is 1. The van der Waals surface area contributed by atoms with Crippen molar-refractivity contribution in [1.82, 2.24) is 14.8 Å². The first-order valence-corrected chi connectivity index (χ1v) is 8.09. The number of furan rings is 1. The summed E-state index contributed by atoms with van der Waals surface area (Å²) < 4.78 is 5.69. The molecule has 1 fully saturated rings. The molecule has 5 nitrogen and oxygen atoms in total. The molecule has 2 aromatic rings. The van der Waals surface area contributed by atoms with E-state index < -0.39 is 0 Å². The van der Waals surface area contributed by atoms with Gasteiger partial charge in [0.25, 0.3) is 5.91 Å². The van der Waals surface area contributed by atoms with E-state index >= 15 is 0 Å². The third-order valence-electron chi connectivity index (χ3n) is 3.79. The Morgan fingerprint density at radius 3 is 2.71 bits per heavy atom. The molecular weight excluding hydrogens is 286 g/mol. The molecule has 0 aliphatic carbocycles. The summed E-state index contributed by atoms with van der Waals surface area (Å²) in [5.74, 6) is 1.04.